The summed E-state index contributed by atoms with van der Waals surface area (Å²) < 4.78 is 28.4. The van der Waals surface area contributed by atoms with Crippen molar-refractivity contribution >= 4 is 12.1 Å². The van der Waals surface area contributed by atoms with Gasteiger partial charge < -0.3 is 29.0 Å². The number of hydrogen-bond donors (Lipinski definition) is 1. The van der Waals surface area contributed by atoms with E-state index in [1.54, 1.807) is 7.11 Å². The number of methoxy groups -OCH3 is 2. The Morgan fingerprint density at radius 3 is 2.58 bits per heavy atom. The molecule has 1 aliphatic carbocycles. The Balaban J connectivity index is 1.60. The van der Waals surface area contributed by atoms with Crippen LogP contribution in [0.4, 0.5) is 4.79 Å². The van der Waals surface area contributed by atoms with Gasteiger partial charge in [0.25, 0.3) is 0 Å². The van der Waals surface area contributed by atoms with Crippen molar-refractivity contribution in [1.29, 1.82) is 0 Å². The lowest BCUT2D eigenvalue weighted by atomic mass is 9.68. The highest BCUT2D eigenvalue weighted by molar-refractivity contribution is 5.70. The van der Waals surface area contributed by atoms with Gasteiger partial charge in [0.15, 0.2) is 0 Å². The molecule has 0 aromatic carbocycles. The van der Waals surface area contributed by atoms with E-state index in [-0.39, 0.29) is 53.7 Å². The molecule has 8 heteroatoms. The zero-order valence-corrected chi connectivity index (χ0v) is 19.6. The fraction of sp³-hybridized carbons (Fsp3) is 0.826. The highest BCUT2D eigenvalue weighted by atomic mass is 16.6. The third kappa shape index (κ3) is 5.41. The van der Waals surface area contributed by atoms with Crippen LogP contribution < -0.4 is 5.32 Å². The van der Waals surface area contributed by atoms with Gasteiger partial charge in [-0.3, -0.25) is 4.79 Å². The van der Waals surface area contributed by atoms with Crippen LogP contribution >= 0.6 is 0 Å². The molecule has 3 fully saturated rings. The quantitative estimate of drug-likeness (QED) is 0.335. The fourth-order valence-corrected chi connectivity index (χ4v) is 4.95. The number of rotatable bonds is 9. The lowest BCUT2D eigenvalue weighted by molar-refractivity contribution is -0.141. The molecular weight excluding hydrogens is 402 g/mol. The van der Waals surface area contributed by atoms with Gasteiger partial charge in [-0.2, -0.15) is 0 Å². The summed E-state index contributed by atoms with van der Waals surface area (Å²) in [6.45, 7) is 9.18. The summed E-state index contributed by atoms with van der Waals surface area (Å²) in [5, 5.41) is 2.76. The number of carbonyl (C=O) groups excluding carboxylic acids is 2. The van der Waals surface area contributed by atoms with Crippen LogP contribution in [0, 0.1) is 11.8 Å². The molecule has 0 aromatic heterocycles. The van der Waals surface area contributed by atoms with Gasteiger partial charge in [-0.1, -0.05) is 18.6 Å². The molecule has 0 radical (unpaired) electrons. The summed E-state index contributed by atoms with van der Waals surface area (Å²) >= 11 is 0. The number of hydrogen-bond acceptors (Lipinski definition) is 7. The first-order valence-electron chi connectivity index (χ1n) is 11.1. The molecule has 1 amide bonds. The molecule has 2 aliphatic heterocycles. The van der Waals surface area contributed by atoms with Gasteiger partial charge in [0.05, 0.1) is 25.7 Å². The van der Waals surface area contributed by atoms with E-state index in [4.69, 9.17) is 18.9 Å². The Hall–Kier alpha value is -1.64. The van der Waals surface area contributed by atoms with Crippen molar-refractivity contribution in [2.24, 2.45) is 11.8 Å². The van der Waals surface area contributed by atoms with Gasteiger partial charge in [-0.15, -0.1) is 0 Å². The van der Waals surface area contributed by atoms with E-state index >= 15 is 0 Å². The molecule has 3 rings (SSSR count). The Bertz CT molecular complexity index is 700. The van der Waals surface area contributed by atoms with Crippen LogP contribution in [0.1, 0.15) is 53.4 Å². The smallest absolute Gasteiger partial charge is 0.407 e. The second kappa shape index (κ2) is 9.46. The Morgan fingerprint density at radius 1 is 1.29 bits per heavy atom. The number of carbonyl (C=O) groups is 2. The molecule has 8 nitrogen and oxygen atoms in total. The summed E-state index contributed by atoms with van der Waals surface area (Å²) in [5.74, 6) is -0.354. The van der Waals surface area contributed by atoms with Gasteiger partial charge in [0, 0.05) is 20.1 Å². The lowest BCUT2D eigenvalue weighted by Crippen LogP contribution is -2.56. The number of amides is 1. The van der Waals surface area contributed by atoms with Crippen LogP contribution in [-0.2, 0) is 28.5 Å². The van der Waals surface area contributed by atoms with Crippen LogP contribution in [0.15, 0.2) is 11.6 Å². The predicted molar refractivity (Wildman–Crippen MR) is 114 cm³/mol. The van der Waals surface area contributed by atoms with Crippen molar-refractivity contribution in [2.75, 3.05) is 27.4 Å². The number of alkyl carbamates (subject to hydrolysis) is 1. The van der Waals surface area contributed by atoms with Gasteiger partial charge >= 0.3 is 12.1 Å². The highest BCUT2D eigenvalue weighted by Crippen LogP contribution is 2.59. The molecule has 2 heterocycles. The topological polar surface area (TPSA) is 98.9 Å². The first-order valence-corrected chi connectivity index (χ1v) is 11.1. The number of esters is 1. The molecular formula is C23H37NO7. The van der Waals surface area contributed by atoms with E-state index in [1.807, 2.05) is 6.92 Å². The Morgan fingerprint density at radius 2 is 2.00 bits per heavy atom. The molecule has 176 valence electrons. The van der Waals surface area contributed by atoms with Gasteiger partial charge in [-0.25, -0.2) is 4.79 Å². The number of nitrogens with one attached hydrogen (secondary N) is 1. The first kappa shape index (κ1) is 24.0. The average molecular weight is 440 g/mol. The van der Waals surface area contributed by atoms with E-state index in [2.05, 4.69) is 36.9 Å². The maximum absolute atomic E-state index is 12.4. The molecule has 1 saturated carbocycles. The number of ether oxygens (including phenoxy) is 5. The van der Waals surface area contributed by atoms with Crippen LogP contribution in [0.5, 0.6) is 0 Å². The molecule has 1 spiro atoms. The van der Waals surface area contributed by atoms with E-state index < -0.39 is 6.09 Å². The molecule has 3 aliphatic rings. The van der Waals surface area contributed by atoms with Crippen molar-refractivity contribution in [1.82, 2.24) is 5.32 Å². The monoisotopic (exact) mass is 439 g/mol. The molecule has 0 bridgehead atoms. The largest absolute Gasteiger partial charge is 0.469 e. The predicted octanol–water partition coefficient (Wildman–Crippen LogP) is 2.99. The van der Waals surface area contributed by atoms with Gasteiger partial charge in [0.1, 0.15) is 23.4 Å². The van der Waals surface area contributed by atoms with Crippen LogP contribution in [-0.4, -0.2) is 68.9 Å². The van der Waals surface area contributed by atoms with E-state index in [9.17, 15) is 9.59 Å². The summed E-state index contributed by atoms with van der Waals surface area (Å²) in [6.07, 6.45) is 3.69. The van der Waals surface area contributed by atoms with Gasteiger partial charge in [-0.05, 0) is 46.0 Å². The van der Waals surface area contributed by atoms with Crippen molar-refractivity contribution in [3.8, 4) is 0 Å². The Kier molecular flexibility index (Phi) is 7.33. The second-order valence-electron chi connectivity index (χ2n) is 9.59. The number of allylic oxidation sites excluding steroid dienone is 1. The molecule has 0 aromatic rings. The molecule has 31 heavy (non-hydrogen) atoms. The SMILES string of the molecule is COC(=O)CC(C)CNC(=O)O[C@@H]1CC[C@]2(CO2)[C@@H]([C@@]2(C)O[C@@H]2CC=C(C)C)[C@H]1OC. The minimum absolute atomic E-state index is 0.00893. The van der Waals surface area contributed by atoms with Crippen molar-refractivity contribution in [2.45, 2.75) is 82.9 Å². The lowest BCUT2D eigenvalue weighted by Gasteiger charge is -2.42. The third-order valence-corrected chi connectivity index (χ3v) is 6.83. The molecule has 1 unspecified atom stereocenters. The van der Waals surface area contributed by atoms with E-state index in [1.165, 1.54) is 12.7 Å². The molecule has 7 atom stereocenters. The van der Waals surface area contributed by atoms with Crippen molar-refractivity contribution in [3.63, 3.8) is 0 Å². The van der Waals surface area contributed by atoms with Crippen LogP contribution in [0.2, 0.25) is 0 Å². The standard InChI is InChI=1S/C23H37NO7/c1-14(2)7-8-17-22(4,31-17)20-19(28-6)16(9-10-23(20)13-29-23)30-21(26)24-12-15(3)11-18(25)27-5/h7,15-17,19-20H,8-13H2,1-6H3,(H,24,26)/t15?,16-,17-,19+,20-,22+,23+/m1/s1. The average Bonchev–Trinajstić information content (AvgIpc) is 3.63. The maximum atomic E-state index is 12.4. The normalized spacial score (nSPS) is 37.0. The summed E-state index contributed by atoms with van der Waals surface area (Å²) in [7, 11) is 3.01. The second-order valence-corrected chi connectivity index (χ2v) is 9.59. The zero-order valence-electron chi connectivity index (χ0n) is 19.6. The fourth-order valence-electron chi connectivity index (χ4n) is 4.95. The minimum Gasteiger partial charge on any atom is -0.469 e. The summed E-state index contributed by atoms with van der Waals surface area (Å²) in [6, 6.07) is 0. The van der Waals surface area contributed by atoms with Crippen LogP contribution in [0.3, 0.4) is 0 Å². The van der Waals surface area contributed by atoms with E-state index in [0.29, 0.717) is 19.6 Å². The van der Waals surface area contributed by atoms with E-state index in [0.717, 1.165) is 12.8 Å². The molecule has 1 N–H and O–H groups in total. The summed E-state index contributed by atoms with van der Waals surface area (Å²) in [4.78, 5) is 23.8. The Labute approximate surface area is 185 Å². The maximum Gasteiger partial charge on any atom is 0.407 e. The van der Waals surface area contributed by atoms with Crippen molar-refractivity contribution < 1.29 is 33.3 Å². The minimum atomic E-state index is -0.502. The zero-order chi connectivity index (χ0) is 22.8. The van der Waals surface area contributed by atoms with Crippen LogP contribution in [0.25, 0.3) is 0 Å². The summed E-state index contributed by atoms with van der Waals surface area (Å²) in [5.41, 5.74) is 0.651. The number of epoxide rings is 2. The van der Waals surface area contributed by atoms with Crippen molar-refractivity contribution in [3.05, 3.63) is 11.6 Å². The third-order valence-electron chi connectivity index (χ3n) is 6.83. The molecule has 2 saturated heterocycles. The highest BCUT2D eigenvalue weighted by Gasteiger charge is 2.72. The van der Waals surface area contributed by atoms with Gasteiger partial charge in [0.2, 0.25) is 0 Å². The first-order chi connectivity index (χ1) is 14.6.